The van der Waals surface area contributed by atoms with Gasteiger partial charge in [0.05, 0.1) is 25.2 Å². The summed E-state index contributed by atoms with van der Waals surface area (Å²) in [5.74, 6) is -1.04. The molecule has 2 atom stereocenters. The topological polar surface area (TPSA) is 55.8 Å². The van der Waals surface area contributed by atoms with E-state index in [0.717, 1.165) is 25.7 Å². The quantitative estimate of drug-likeness (QED) is 0.686. The van der Waals surface area contributed by atoms with Gasteiger partial charge in [0.15, 0.2) is 0 Å². The van der Waals surface area contributed by atoms with Crippen molar-refractivity contribution < 1.29 is 19.4 Å². The molecule has 0 amide bonds. The molecule has 0 aromatic carbocycles. The molecule has 4 heteroatoms. The first-order chi connectivity index (χ1) is 7.25. The first-order valence-electron chi connectivity index (χ1n) is 5.68. The summed E-state index contributed by atoms with van der Waals surface area (Å²) in [6, 6.07) is 0. The average Bonchev–Trinajstić information content (AvgIpc) is 2.25. The second kappa shape index (κ2) is 6.80. The first-order valence-corrected chi connectivity index (χ1v) is 5.68. The zero-order chi connectivity index (χ0) is 11.1. The van der Waals surface area contributed by atoms with E-state index >= 15 is 0 Å². The number of aliphatic carboxylic acids is 1. The van der Waals surface area contributed by atoms with Gasteiger partial charge in [0.25, 0.3) is 0 Å². The van der Waals surface area contributed by atoms with Gasteiger partial charge in [-0.05, 0) is 19.8 Å². The molecule has 0 spiro atoms. The van der Waals surface area contributed by atoms with Crippen molar-refractivity contribution in [2.24, 2.45) is 5.92 Å². The van der Waals surface area contributed by atoms with Crippen LogP contribution in [0.1, 0.15) is 32.6 Å². The van der Waals surface area contributed by atoms with E-state index in [2.05, 4.69) is 0 Å². The largest absolute Gasteiger partial charge is 0.481 e. The molecule has 2 unspecified atom stereocenters. The van der Waals surface area contributed by atoms with Gasteiger partial charge in [-0.15, -0.1) is 0 Å². The number of hydrogen-bond acceptors (Lipinski definition) is 3. The van der Waals surface area contributed by atoms with Crippen LogP contribution in [-0.2, 0) is 14.3 Å². The molecule has 1 saturated carbocycles. The lowest BCUT2D eigenvalue weighted by atomic mass is 9.86. The van der Waals surface area contributed by atoms with Crippen molar-refractivity contribution >= 4 is 5.97 Å². The SMILES string of the molecule is CCOCCOC1CCCCC1C(=O)O. The molecule has 0 heterocycles. The van der Waals surface area contributed by atoms with Gasteiger partial charge in [-0.25, -0.2) is 0 Å². The van der Waals surface area contributed by atoms with Crippen LogP contribution in [0.15, 0.2) is 0 Å². The van der Waals surface area contributed by atoms with Crippen molar-refractivity contribution in [2.45, 2.75) is 38.7 Å². The minimum absolute atomic E-state index is 0.114. The minimum Gasteiger partial charge on any atom is -0.481 e. The van der Waals surface area contributed by atoms with Gasteiger partial charge < -0.3 is 14.6 Å². The Hall–Kier alpha value is -0.610. The fourth-order valence-corrected chi connectivity index (χ4v) is 1.98. The van der Waals surface area contributed by atoms with Crippen molar-refractivity contribution in [3.8, 4) is 0 Å². The van der Waals surface area contributed by atoms with E-state index in [0.29, 0.717) is 19.8 Å². The summed E-state index contributed by atoms with van der Waals surface area (Å²) in [5, 5.41) is 9.00. The summed E-state index contributed by atoms with van der Waals surface area (Å²) in [4.78, 5) is 10.9. The normalized spacial score (nSPS) is 26.5. The average molecular weight is 216 g/mol. The maximum Gasteiger partial charge on any atom is 0.309 e. The Morgan fingerprint density at radius 3 is 2.73 bits per heavy atom. The molecule has 1 aliphatic rings. The Balaban J connectivity index is 2.26. The molecule has 0 radical (unpaired) electrons. The van der Waals surface area contributed by atoms with Crippen LogP contribution in [-0.4, -0.2) is 37.0 Å². The molecular formula is C11H20O4. The third kappa shape index (κ3) is 4.18. The highest BCUT2D eigenvalue weighted by Crippen LogP contribution is 2.26. The second-order valence-electron chi connectivity index (χ2n) is 3.84. The molecule has 88 valence electrons. The smallest absolute Gasteiger partial charge is 0.309 e. The molecule has 15 heavy (non-hydrogen) atoms. The van der Waals surface area contributed by atoms with Crippen LogP contribution in [0.3, 0.4) is 0 Å². The molecule has 0 saturated heterocycles. The molecule has 1 aliphatic carbocycles. The van der Waals surface area contributed by atoms with E-state index in [1.54, 1.807) is 0 Å². The summed E-state index contributed by atoms with van der Waals surface area (Å²) in [5.41, 5.74) is 0. The van der Waals surface area contributed by atoms with E-state index in [1.807, 2.05) is 6.92 Å². The summed E-state index contributed by atoms with van der Waals surface area (Å²) in [7, 11) is 0. The van der Waals surface area contributed by atoms with Gasteiger partial charge in [0.2, 0.25) is 0 Å². The number of ether oxygens (including phenoxy) is 2. The third-order valence-corrected chi connectivity index (χ3v) is 2.78. The van der Waals surface area contributed by atoms with Crippen LogP contribution in [0, 0.1) is 5.92 Å². The van der Waals surface area contributed by atoms with Crippen LogP contribution in [0.5, 0.6) is 0 Å². The summed E-state index contributed by atoms with van der Waals surface area (Å²) >= 11 is 0. The lowest BCUT2D eigenvalue weighted by Gasteiger charge is -2.28. The number of rotatable bonds is 6. The van der Waals surface area contributed by atoms with Crippen molar-refractivity contribution in [3.05, 3.63) is 0 Å². The maximum absolute atomic E-state index is 10.9. The first kappa shape index (κ1) is 12.5. The highest BCUT2D eigenvalue weighted by atomic mass is 16.5. The zero-order valence-corrected chi connectivity index (χ0v) is 9.28. The van der Waals surface area contributed by atoms with E-state index in [9.17, 15) is 4.79 Å². The Kier molecular flexibility index (Phi) is 5.65. The van der Waals surface area contributed by atoms with Crippen LogP contribution in [0.2, 0.25) is 0 Å². The number of carboxylic acids is 1. The standard InChI is InChI=1S/C11H20O4/c1-2-14-7-8-15-10-6-4-3-5-9(10)11(12)13/h9-10H,2-8H2,1H3,(H,12,13). The van der Waals surface area contributed by atoms with Crippen molar-refractivity contribution in [3.63, 3.8) is 0 Å². The molecule has 1 rings (SSSR count). The van der Waals surface area contributed by atoms with E-state index in [4.69, 9.17) is 14.6 Å². The van der Waals surface area contributed by atoms with Crippen molar-refractivity contribution in [2.75, 3.05) is 19.8 Å². The van der Waals surface area contributed by atoms with Gasteiger partial charge in [-0.3, -0.25) is 4.79 Å². The fourth-order valence-electron chi connectivity index (χ4n) is 1.98. The summed E-state index contributed by atoms with van der Waals surface area (Å²) < 4.78 is 10.7. The predicted octanol–water partition coefficient (Wildman–Crippen LogP) is 1.68. The molecule has 1 N–H and O–H groups in total. The van der Waals surface area contributed by atoms with Crippen LogP contribution in [0.25, 0.3) is 0 Å². The Morgan fingerprint density at radius 2 is 2.07 bits per heavy atom. The van der Waals surface area contributed by atoms with Gasteiger partial charge in [0, 0.05) is 6.61 Å². The Labute approximate surface area is 90.6 Å². The van der Waals surface area contributed by atoms with Gasteiger partial charge in [-0.2, -0.15) is 0 Å². The minimum atomic E-state index is -0.726. The lowest BCUT2D eigenvalue weighted by Crippen LogP contribution is -2.34. The maximum atomic E-state index is 10.9. The Bertz CT molecular complexity index is 193. The van der Waals surface area contributed by atoms with Crippen LogP contribution < -0.4 is 0 Å². The van der Waals surface area contributed by atoms with E-state index in [-0.39, 0.29) is 12.0 Å². The summed E-state index contributed by atoms with van der Waals surface area (Å²) in [6.45, 7) is 3.67. The lowest BCUT2D eigenvalue weighted by molar-refractivity contribution is -0.150. The van der Waals surface area contributed by atoms with Crippen molar-refractivity contribution in [1.82, 2.24) is 0 Å². The van der Waals surface area contributed by atoms with Gasteiger partial charge >= 0.3 is 5.97 Å². The van der Waals surface area contributed by atoms with Crippen LogP contribution >= 0.6 is 0 Å². The van der Waals surface area contributed by atoms with E-state index in [1.165, 1.54) is 0 Å². The monoisotopic (exact) mass is 216 g/mol. The predicted molar refractivity (Wildman–Crippen MR) is 55.8 cm³/mol. The van der Waals surface area contributed by atoms with Crippen LogP contribution in [0.4, 0.5) is 0 Å². The Morgan fingerprint density at radius 1 is 1.33 bits per heavy atom. The highest BCUT2D eigenvalue weighted by Gasteiger charge is 2.31. The number of carboxylic acid groups (broad SMARTS) is 1. The molecule has 4 nitrogen and oxygen atoms in total. The third-order valence-electron chi connectivity index (χ3n) is 2.78. The molecular weight excluding hydrogens is 196 g/mol. The highest BCUT2D eigenvalue weighted by molar-refractivity contribution is 5.70. The van der Waals surface area contributed by atoms with Crippen molar-refractivity contribution in [1.29, 1.82) is 0 Å². The fraction of sp³-hybridized carbons (Fsp3) is 0.909. The molecule has 0 aromatic heterocycles. The van der Waals surface area contributed by atoms with Gasteiger partial charge in [-0.1, -0.05) is 12.8 Å². The number of hydrogen-bond donors (Lipinski definition) is 1. The van der Waals surface area contributed by atoms with Gasteiger partial charge in [0.1, 0.15) is 0 Å². The molecule has 0 aliphatic heterocycles. The molecule has 0 bridgehead atoms. The zero-order valence-electron chi connectivity index (χ0n) is 9.28. The number of carbonyl (C=O) groups is 1. The molecule has 0 aromatic rings. The molecule has 1 fully saturated rings. The van der Waals surface area contributed by atoms with E-state index < -0.39 is 5.97 Å². The second-order valence-corrected chi connectivity index (χ2v) is 3.84. The summed E-state index contributed by atoms with van der Waals surface area (Å²) in [6.07, 6.45) is 3.57.